The summed E-state index contributed by atoms with van der Waals surface area (Å²) in [6.45, 7) is 1.47. The number of ether oxygens (including phenoxy) is 1. The molecule has 3 aliphatic rings. The van der Waals surface area contributed by atoms with Crippen LogP contribution in [-0.2, 0) is 19.6 Å². The van der Waals surface area contributed by atoms with Gasteiger partial charge in [-0.15, -0.1) is 0 Å². The monoisotopic (exact) mass is 492 g/mol. The highest BCUT2D eigenvalue weighted by atomic mass is 32.2. The number of carbonyl (C=O) groups excluding carboxylic acids is 1. The molecule has 2 aliphatic heterocycles. The third-order valence-corrected chi connectivity index (χ3v) is 9.31. The summed E-state index contributed by atoms with van der Waals surface area (Å²) in [6.07, 6.45) is 5.03. The maximum atomic E-state index is 13.4. The predicted molar refractivity (Wildman–Crippen MR) is 131 cm³/mol. The molecule has 1 spiro atoms. The van der Waals surface area contributed by atoms with E-state index in [9.17, 15) is 13.2 Å². The topological polar surface area (TPSA) is 95.6 Å². The zero-order valence-corrected chi connectivity index (χ0v) is 20.2. The van der Waals surface area contributed by atoms with Crippen molar-refractivity contribution in [3.05, 3.63) is 60.8 Å². The fraction of sp³-hybridized carbons (Fsp3) is 0.385. The second-order valence-electron chi connectivity index (χ2n) is 9.70. The standard InChI is InChI=1S/C26H28N4O4S/c31-25-17-34-26(18-30(25)22-6-7-22)11-14-29(15-12-26)35(32,33)23-8-4-19(5-9-23)20-2-1-3-21(16-20)24-10-13-27-28-24/h1-5,8-10,13,16,22H,6-7,11-12,14-15,17-18H2,(H,27,28). The number of piperidine rings is 1. The molecular formula is C26H28N4O4S. The summed E-state index contributed by atoms with van der Waals surface area (Å²) in [5.74, 6) is 0.0587. The summed E-state index contributed by atoms with van der Waals surface area (Å²) in [5, 5.41) is 6.98. The molecule has 1 aliphatic carbocycles. The highest BCUT2D eigenvalue weighted by Gasteiger charge is 2.47. The fourth-order valence-corrected chi connectivity index (χ4v) is 6.59. The minimum Gasteiger partial charge on any atom is -0.363 e. The smallest absolute Gasteiger partial charge is 0.248 e. The Morgan fingerprint density at radius 2 is 1.71 bits per heavy atom. The van der Waals surface area contributed by atoms with Gasteiger partial charge in [-0.05, 0) is 61.1 Å². The summed E-state index contributed by atoms with van der Waals surface area (Å²) < 4.78 is 34.2. The van der Waals surface area contributed by atoms with Gasteiger partial charge >= 0.3 is 0 Å². The molecule has 2 saturated heterocycles. The molecule has 3 heterocycles. The highest BCUT2D eigenvalue weighted by Crippen LogP contribution is 2.37. The minimum atomic E-state index is -3.60. The number of amides is 1. The van der Waals surface area contributed by atoms with Crippen molar-refractivity contribution in [2.75, 3.05) is 26.2 Å². The summed E-state index contributed by atoms with van der Waals surface area (Å²) in [7, 11) is -3.60. The van der Waals surface area contributed by atoms with Gasteiger partial charge in [0.15, 0.2) is 0 Å². The Kier molecular flexibility index (Phi) is 5.51. The van der Waals surface area contributed by atoms with Crippen molar-refractivity contribution >= 4 is 15.9 Å². The van der Waals surface area contributed by atoms with Crippen molar-refractivity contribution in [2.45, 2.75) is 42.2 Å². The van der Waals surface area contributed by atoms with E-state index in [4.69, 9.17) is 4.74 Å². The number of morpholine rings is 1. The van der Waals surface area contributed by atoms with Crippen LogP contribution in [0.3, 0.4) is 0 Å². The zero-order chi connectivity index (χ0) is 24.0. The van der Waals surface area contributed by atoms with Crippen molar-refractivity contribution < 1.29 is 17.9 Å². The van der Waals surface area contributed by atoms with E-state index in [1.165, 1.54) is 0 Å². The molecule has 1 aromatic heterocycles. The number of hydrogen-bond acceptors (Lipinski definition) is 5. The van der Waals surface area contributed by atoms with Gasteiger partial charge in [0, 0.05) is 30.9 Å². The molecule has 1 amide bonds. The number of rotatable bonds is 5. The second kappa shape index (κ2) is 8.58. The van der Waals surface area contributed by atoms with Crippen LogP contribution in [0.2, 0.25) is 0 Å². The van der Waals surface area contributed by atoms with Gasteiger partial charge in [-0.2, -0.15) is 9.40 Å². The number of nitrogens with one attached hydrogen (secondary N) is 1. The fourth-order valence-electron chi connectivity index (χ4n) is 5.15. The molecule has 182 valence electrons. The Balaban J connectivity index is 1.15. The van der Waals surface area contributed by atoms with Crippen molar-refractivity contribution in [3.8, 4) is 22.4 Å². The Morgan fingerprint density at radius 3 is 2.40 bits per heavy atom. The Morgan fingerprint density at radius 1 is 0.971 bits per heavy atom. The Bertz CT molecular complexity index is 1330. The van der Waals surface area contributed by atoms with Gasteiger partial charge in [0.1, 0.15) is 6.61 Å². The maximum absolute atomic E-state index is 13.4. The van der Waals surface area contributed by atoms with Crippen LogP contribution in [0.1, 0.15) is 25.7 Å². The lowest BCUT2D eigenvalue weighted by atomic mass is 9.90. The minimum absolute atomic E-state index is 0.0587. The number of benzene rings is 2. The summed E-state index contributed by atoms with van der Waals surface area (Å²) in [4.78, 5) is 14.5. The number of carbonyl (C=O) groups is 1. The van der Waals surface area contributed by atoms with Crippen LogP contribution in [0.4, 0.5) is 0 Å². The molecule has 9 heteroatoms. The van der Waals surface area contributed by atoms with Gasteiger partial charge < -0.3 is 9.64 Å². The van der Waals surface area contributed by atoms with E-state index in [1.807, 2.05) is 41.3 Å². The number of aromatic amines is 1. The molecular weight excluding hydrogens is 464 g/mol. The molecule has 3 aromatic rings. The molecule has 1 saturated carbocycles. The average molecular weight is 493 g/mol. The van der Waals surface area contributed by atoms with Crippen molar-refractivity contribution in [2.24, 2.45) is 0 Å². The second-order valence-corrected chi connectivity index (χ2v) is 11.6. The maximum Gasteiger partial charge on any atom is 0.248 e. The van der Waals surface area contributed by atoms with E-state index in [-0.39, 0.29) is 12.5 Å². The van der Waals surface area contributed by atoms with Crippen LogP contribution in [0.15, 0.2) is 65.7 Å². The van der Waals surface area contributed by atoms with Crippen molar-refractivity contribution in [1.29, 1.82) is 0 Å². The van der Waals surface area contributed by atoms with E-state index in [2.05, 4.69) is 16.3 Å². The quantitative estimate of drug-likeness (QED) is 0.590. The molecule has 0 bridgehead atoms. The summed E-state index contributed by atoms with van der Waals surface area (Å²) in [5.41, 5.74) is 3.48. The average Bonchev–Trinajstić information content (AvgIpc) is 3.59. The number of H-pyrrole nitrogens is 1. The zero-order valence-electron chi connectivity index (χ0n) is 19.4. The molecule has 3 fully saturated rings. The molecule has 6 rings (SSSR count). The highest BCUT2D eigenvalue weighted by molar-refractivity contribution is 7.89. The van der Waals surface area contributed by atoms with Gasteiger partial charge in [-0.1, -0.05) is 30.3 Å². The first-order valence-electron chi connectivity index (χ1n) is 12.1. The lowest BCUT2D eigenvalue weighted by molar-refractivity contribution is -0.170. The van der Waals surface area contributed by atoms with Crippen LogP contribution in [0.25, 0.3) is 22.4 Å². The lowest BCUT2D eigenvalue weighted by Crippen LogP contribution is -2.59. The van der Waals surface area contributed by atoms with E-state index in [1.54, 1.807) is 22.6 Å². The first-order chi connectivity index (χ1) is 16.9. The predicted octanol–water partition coefficient (Wildman–Crippen LogP) is 3.29. The van der Waals surface area contributed by atoms with Gasteiger partial charge in [0.25, 0.3) is 0 Å². The lowest BCUT2D eigenvalue weighted by Gasteiger charge is -2.46. The normalized spacial score (nSPS) is 20.9. The summed E-state index contributed by atoms with van der Waals surface area (Å²) in [6, 6.07) is 17.4. The van der Waals surface area contributed by atoms with E-state index in [0.717, 1.165) is 35.2 Å². The van der Waals surface area contributed by atoms with Crippen molar-refractivity contribution in [1.82, 2.24) is 19.4 Å². The van der Waals surface area contributed by atoms with Gasteiger partial charge in [-0.3, -0.25) is 9.89 Å². The third kappa shape index (κ3) is 4.28. The number of hydrogen-bond donors (Lipinski definition) is 1. The number of nitrogens with zero attached hydrogens (tertiary/aromatic N) is 3. The van der Waals surface area contributed by atoms with E-state index in [0.29, 0.717) is 43.4 Å². The largest absolute Gasteiger partial charge is 0.363 e. The van der Waals surface area contributed by atoms with Crippen molar-refractivity contribution in [3.63, 3.8) is 0 Å². The molecule has 0 radical (unpaired) electrons. The molecule has 1 N–H and O–H groups in total. The van der Waals surface area contributed by atoms with Crippen LogP contribution in [0, 0.1) is 0 Å². The first-order valence-corrected chi connectivity index (χ1v) is 13.5. The molecule has 8 nitrogen and oxygen atoms in total. The molecule has 0 unspecified atom stereocenters. The Labute approximate surface area is 204 Å². The van der Waals surface area contributed by atoms with Crippen LogP contribution in [-0.4, -0.2) is 71.6 Å². The molecule has 0 atom stereocenters. The van der Waals surface area contributed by atoms with Gasteiger partial charge in [-0.25, -0.2) is 8.42 Å². The number of sulfonamides is 1. The molecule has 35 heavy (non-hydrogen) atoms. The van der Waals surface area contributed by atoms with E-state index < -0.39 is 15.6 Å². The summed E-state index contributed by atoms with van der Waals surface area (Å²) >= 11 is 0. The van der Waals surface area contributed by atoms with Gasteiger partial charge in [0.05, 0.1) is 22.7 Å². The number of aromatic nitrogens is 2. The SMILES string of the molecule is O=C1COC2(CCN(S(=O)(=O)c3ccc(-c4cccc(-c5ccn[nH]5)c4)cc3)CC2)CN1C1CC1. The van der Waals surface area contributed by atoms with Crippen LogP contribution >= 0.6 is 0 Å². The Hall–Kier alpha value is -3.01. The molecule has 2 aromatic carbocycles. The van der Waals surface area contributed by atoms with Gasteiger partial charge in [0.2, 0.25) is 15.9 Å². The van der Waals surface area contributed by atoms with Crippen LogP contribution in [0.5, 0.6) is 0 Å². The third-order valence-electron chi connectivity index (χ3n) is 7.40. The van der Waals surface area contributed by atoms with Crippen LogP contribution < -0.4 is 0 Å². The van der Waals surface area contributed by atoms with E-state index >= 15 is 0 Å². The first kappa shape index (κ1) is 22.5.